The van der Waals surface area contributed by atoms with Crippen molar-refractivity contribution in [3.63, 3.8) is 0 Å². The van der Waals surface area contributed by atoms with E-state index in [2.05, 4.69) is 26.4 Å². The second kappa shape index (κ2) is 7.42. The number of rotatable bonds is 4. The number of benzene rings is 2. The van der Waals surface area contributed by atoms with Gasteiger partial charge < -0.3 is 10.2 Å². The molecule has 0 aliphatic carbocycles. The van der Waals surface area contributed by atoms with Crippen LogP contribution in [0.4, 0.5) is 17.2 Å². The summed E-state index contributed by atoms with van der Waals surface area (Å²) < 4.78 is 1.67. The number of fused-ring (bicyclic) bond motifs is 2. The van der Waals surface area contributed by atoms with E-state index in [1.807, 2.05) is 54.3 Å². The van der Waals surface area contributed by atoms with Crippen molar-refractivity contribution in [1.82, 2.24) is 19.6 Å². The Kier molecular flexibility index (Phi) is 4.59. The Morgan fingerprint density at radius 3 is 2.77 bits per heavy atom. The molecule has 1 amide bonds. The number of aryl methyl sites for hydroxylation is 2. The van der Waals surface area contributed by atoms with E-state index in [-0.39, 0.29) is 5.91 Å². The minimum atomic E-state index is 0.132. The standard InChI is InChI=1S/C22H19ClN6O/c1-14-10-20(29-22(26-14)24-13-25-29)27-18-7-8-19-16(11-18)4-9-21(30)28(19)12-15-2-5-17(23)6-3-15/h2-3,5-8,10-11,13,27H,4,9,12H2,1H3. The van der Waals surface area contributed by atoms with Crippen molar-refractivity contribution >= 4 is 40.5 Å². The van der Waals surface area contributed by atoms with E-state index >= 15 is 0 Å². The van der Waals surface area contributed by atoms with E-state index in [0.29, 0.717) is 23.8 Å². The fraction of sp³-hybridized carbons (Fsp3) is 0.182. The first-order valence-corrected chi connectivity index (χ1v) is 10.1. The van der Waals surface area contributed by atoms with Crippen LogP contribution in [0, 0.1) is 6.92 Å². The fourth-order valence-corrected chi connectivity index (χ4v) is 3.88. The molecule has 0 unspecified atom stereocenters. The number of hydrogen-bond acceptors (Lipinski definition) is 5. The minimum Gasteiger partial charge on any atom is -0.340 e. The Hall–Kier alpha value is -3.45. The van der Waals surface area contributed by atoms with Crippen molar-refractivity contribution in [3.05, 3.63) is 76.7 Å². The molecule has 0 bridgehead atoms. The first kappa shape index (κ1) is 18.6. The number of hydrogen-bond donors (Lipinski definition) is 1. The molecule has 0 radical (unpaired) electrons. The zero-order valence-electron chi connectivity index (χ0n) is 16.3. The SMILES string of the molecule is Cc1cc(Nc2ccc3c(c2)CCC(=O)N3Cc2ccc(Cl)cc2)n2ncnc2n1. The van der Waals surface area contributed by atoms with Gasteiger partial charge in [0.05, 0.1) is 6.54 Å². The van der Waals surface area contributed by atoms with Gasteiger partial charge in [0, 0.05) is 34.6 Å². The maximum Gasteiger partial charge on any atom is 0.254 e. The Morgan fingerprint density at radius 1 is 1.10 bits per heavy atom. The number of anilines is 3. The highest BCUT2D eigenvalue weighted by atomic mass is 35.5. The van der Waals surface area contributed by atoms with Crippen LogP contribution in [0.3, 0.4) is 0 Å². The number of nitrogens with one attached hydrogen (secondary N) is 1. The predicted molar refractivity (Wildman–Crippen MR) is 116 cm³/mol. The number of aromatic nitrogens is 4. The summed E-state index contributed by atoms with van der Waals surface area (Å²) in [5.41, 5.74) is 4.91. The molecule has 0 atom stereocenters. The smallest absolute Gasteiger partial charge is 0.254 e. The number of nitrogens with zero attached hydrogens (tertiary/aromatic N) is 5. The molecule has 0 spiro atoms. The van der Waals surface area contributed by atoms with Crippen molar-refractivity contribution in [2.45, 2.75) is 26.3 Å². The van der Waals surface area contributed by atoms with E-state index in [1.54, 1.807) is 4.52 Å². The molecule has 2 aromatic carbocycles. The second-order valence-electron chi connectivity index (χ2n) is 7.33. The summed E-state index contributed by atoms with van der Waals surface area (Å²) in [5, 5.41) is 8.33. The average molecular weight is 419 g/mol. The van der Waals surface area contributed by atoms with Crippen molar-refractivity contribution in [2.75, 3.05) is 10.2 Å². The van der Waals surface area contributed by atoms with Crippen LogP contribution in [0.2, 0.25) is 5.02 Å². The predicted octanol–water partition coefficient (Wildman–Crippen LogP) is 4.31. The lowest BCUT2D eigenvalue weighted by Gasteiger charge is -2.30. The largest absolute Gasteiger partial charge is 0.340 e. The summed E-state index contributed by atoms with van der Waals surface area (Å²) in [6.45, 7) is 2.45. The van der Waals surface area contributed by atoms with Gasteiger partial charge in [0.1, 0.15) is 12.1 Å². The summed E-state index contributed by atoms with van der Waals surface area (Å²) >= 11 is 5.99. The van der Waals surface area contributed by atoms with Crippen LogP contribution in [0.5, 0.6) is 0 Å². The van der Waals surface area contributed by atoms with Gasteiger partial charge in [-0.2, -0.15) is 14.6 Å². The zero-order valence-corrected chi connectivity index (χ0v) is 17.1. The molecule has 7 nitrogen and oxygen atoms in total. The topological polar surface area (TPSA) is 75.4 Å². The maximum absolute atomic E-state index is 12.6. The highest BCUT2D eigenvalue weighted by Crippen LogP contribution is 2.32. The summed E-state index contributed by atoms with van der Waals surface area (Å²) in [4.78, 5) is 23.0. The van der Waals surface area contributed by atoms with Crippen LogP contribution in [-0.4, -0.2) is 25.5 Å². The molecule has 4 aromatic rings. The highest BCUT2D eigenvalue weighted by Gasteiger charge is 2.24. The van der Waals surface area contributed by atoms with Crippen molar-refractivity contribution in [1.29, 1.82) is 0 Å². The minimum absolute atomic E-state index is 0.132. The van der Waals surface area contributed by atoms with Crippen LogP contribution in [0.25, 0.3) is 5.78 Å². The van der Waals surface area contributed by atoms with Crippen LogP contribution in [-0.2, 0) is 17.8 Å². The second-order valence-corrected chi connectivity index (χ2v) is 7.77. The van der Waals surface area contributed by atoms with Gasteiger partial charge in [-0.25, -0.2) is 4.98 Å². The maximum atomic E-state index is 12.6. The van der Waals surface area contributed by atoms with Crippen molar-refractivity contribution in [3.8, 4) is 0 Å². The molecule has 0 saturated carbocycles. The first-order valence-electron chi connectivity index (χ1n) is 9.69. The van der Waals surface area contributed by atoms with Crippen LogP contribution >= 0.6 is 11.6 Å². The quantitative estimate of drug-likeness (QED) is 0.534. The number of carbonyl (C=O) groups is 1. The van der Waals surface area contributed by atoms with Crippen molar-refractivity contribution in [2.24, 2.45) is 0 Å². The molecular formula is C22H19ClN6O. The Balaban J connectivity index is 1.45. The number of halogens is 1. The summed E-state index contributed by atoms with van der Waals surface area (Å²) in [7, 11) is 0. The highest BCUT2D eigenvalue weighted by molar-refractivity contribution is 6.30. The molecule has 3 heterocycles. The van der Waals surface area contributed by atoms with Gasteiger partial charge >= 0.3 is 0 Å². The normalized spacial score (nSPS) is 13.5. The zero-order chi connectivity index (χ0) is 20.7. The van der Waals surface area contributed by atoms with E-state index in [0.717, 1.165) is 40.4 Å². The third kappa shape index (κ3) is 3.48. The molecule has 1 N–H and O–H groups in total. The van der Waals surface area contributed by atoms with Gasteiger partial charge in [-0.1, -0.05) is 23.7 Å². The van der Waals surface area contributed by atoms with Crippen LogP contribution in [0.1, 0.15) is 23.2 Å². The lowest BCUT2D eigenvalue weighted by molar-refractivity contribution is -0.119. The molecule has 1 aliphatic heterocycles. The van der Waals surface area contributed by atoms with Gasteiger partial charge in [-0.15, -0.1) is 0 Å². The monoisotopic (exact) mass is 418 g/mol. The number of amides is 1. The van der Waals surface area contributed by atoms with Crippen LogP contribution < -0.4 is 10.2 Å². The van der Waals surface area contributed by atoms with E-state index < -0.39 is 0 Å². The molecular weight excluding hydrogens is 400 g/mol. The molecule has 2 aromatic heterocycles. The summed E-state index contributed by atoms with van der Waals surface area (Å²) in [6, 6.07) is 15.6. The lowest BCUT2D eigenvalue weighted by atomic mass is 9.99. The average Bonchev–Trinajstić information content (AvgIpc) is 3.20. The van der Waals surface area contributed by atoms with Gasteiger partial charge in [-0.3, -0.25) is 4.79 Å². The Bertz CT molecular complexity index is 1250. The molecule has 5 rings (SSSR count). The third-order valence-electron chi connectivity index (χ3n) is 5.19. The van der Waals surface area contributed by atoms with E-state index in [1.165, 1.54) is 6.33 Å². The number of carbonyl (C=O) groups excluding carboxylic acids is 1. The Morgan fingerprint density at radius 2 is 1.93 bits per heavy atom. The molecule has 30 heavy (non-hydrogen) atoms. The Labute approximate surface area is 178 Å². The third-order valence-corrected chi connectivity index (χ3v) is 5.44. The molecule has 8 heteroatoms. The molecule has 150 valence electrons. The lowest BCUT2D eigenvalue weighted by Crippen LogP contribution is -2.34. The van der Waals surface area contributed by atoms with Gasteiger partial charge in [0.15, 0.2) is 0 Å². The molecule has 0 saturated heterocycles. The van der Waals surface area contributed by atoms with E-state index in [9.17, 15) is 4.79 Å². The fourth-order valence-electron chi connectivity index (χ4n) is 3.75. The first-order chi connectivity index (χ1) is 14.6. The molecule has 1 aliphatic rings. The molecule has 0 fully saturated rings. The van der Waals surface area contributed by atoms with Gasteiger partial charge in [0.2, 0.25) is 5.91 Å². The summed E-state index contributed by atoms with van der Waals surface area (Å²) in [6.07, 6.45) is 2.70. The van der Waals surface area contributed by atoms with Gasteiger partial charge in [0.25, 0.3) is 5.78 Å². The summed E-state index contributed by atoms with van der Waals surface area (Å²) in [5.74, 6) is 1.47. The van der Waals surface area contributed by atoms with Gasteiger partial charge in [-0.05, 0) is 54.8 Å². The van der Waals surface area contributed by atoms with E-state index in [4.69, 9.17) is 11.6 Å². The van der Waals surface area contributed by atoms with Crippen molar-refractivity contribution < 1.29 is 4.79 Å². The van der Waals surface area contributed by atoms with Crippen LogP contribution in [0.15, 0.2) is 54.9 Å².